The van der Waals surface area contributed by atoms with E-state index < -0.39 is 10.8 Å². The SMILES string of the molecule is COc1cc(C)ccc1Oc1ccc(NC(=O)c2c[nH]c3ccc([N+](=O)[O-])cc23)cn1. The van der Waals surface area contributed by atoms with E-state index in [0.29, 0.717) is 39.5 Å². The predicted molar refractivity (Wildman–Crippen MR) is 115 cm³/mol. The van der Waals surface area contributed by atoms with Crippen molar-refractivity contribution in [2.45, 2.75) is 6.92 Å². The Kier molecular flexibility index (Phi) is 5.23. The average Bonchev–Trinajstić information content (AvgIpc) is 3.19. The molecule has 9 heteroatoms. The van der Waals surface area contributed by atoms with Crippen molar-refractivity contribution in [2.24, 2.45) is 0 Å². The van der Waals surface area contributed by atoms with E-state index in [1.807, 2.05) is 19.1 Å². The number of non-ortho nitro benzene ring substituents is 1. The molecule has 2 aromatic carbocycles. The maximum atomic E-state index is 12.7. The minimum atomic E-state index is -0.500. The molecule has 0 unspecified atom stereocenters. The number of nitrogens with one attached hydrogen (secondary N) is 2. The van der Waals surface area contributed by atoms with Gasteiger partial charge in [0.1, 0.15) is 0 Å². The van der Waals surface area contributed by atoms with E-state index in [4.69, 9.17) is 9.47 Å². The number of carbonyl (C=O) groups excluding carboxylic acids is 1. The Bertz CT molecular complexity index is 1280. The number of anilines is 1. The zero-order valence-electron chi connectivity index (χ0n) is 16.7. The fourth-order valence-corrected chi connectivity index (χ4v) is 3.09. The molecule has 0 spiro atoms. The van der Waals surface area contributed by atoms with Gasteiger partial charge in [-0.15, -0.1) is 0 Å². The Balaban J connectivity index is 1.50. The van der Waals surface area contributed by atoms with Gasteiger partial charge in [0.15, 0.2) is 11.5 Å². The summed E-state index contributed by atoms with van der Waals surface area (Å²) in [5, 5.41) is 14.2. The van der Waals surface area contributed by atoms with E-state index in [9.17, 15) is 14.9 Å². The van der Waals surface area contributed by atoms with Gasteiger partial charge in [0, 0.05) is 35.3 Å². The van der Waals surface area contributed by atoms with Crippen LogP contribution in [-0.2, 0) is 0 Å². The first kappa shape index (κ1) is 19.9. The van der Waals surface area contributed by atoms with Crippen LogP contribution in [0.3, 0.4) is 0 Å². The van der Waals surface area contributed by atoms with Crippen LogP contribution in [0.1, 0.15) is 15.9 Å². The summed E-state index contributed by atoms with van der Waals surface area (Å²) in [6, 6.07) is 13.1. The van der Waals surface area contributed by atoms with Gasteiger partial charge < -0.3 is 19.8 Å². The first-order chi connectivity index (χ1) is 14.9. The fourth-order valence-electron chi connectivity index (χ4n) is 3.09. The van der Waals surface area contributed by atoms with E-state index in [-0.39, 0.29) is 5.69 Å². The number of nitrogens with zero attached hydrogens (tertiary/aromatic N) is 2. The average molecular weight is 418 g/mol. The van der Waals surface area contributed by atoms with Crippen LogP contribution in [0.15, 0.2) is 60.9 Å². The van der Waals surface area contributed by atoms with Gasteiger partial charge >= 0.3 is 0 Å². The lowest BCUT2D eigenvalue weighted by molar-refractivity contribution is -0.384. The molecule has 156 valence electrons. The second-order valence-electron chi connectivity index (χ2n) is 6.78. The monoisotopic (exact) mass is 418 g/mol. The Morgan fingerprint density at radius 3 is 2.68 bits per heavy atom. The number of aryl methyl sites for hydroxylation is 1. The predicted octanol–water partition coefficient (Wildman–Crippen LogP) is 4.83. The lowest BCUT2D eigenvalue weighted by Gasteiger charge is -2.11. The summed E-state index contributed by atoms with van der Waals surface area (Å²) < 4.78 is 11.1. The Labute approximate surface area is 176 Å². The van der Waals surface area contributed by atoms with Crippen molar-refractivity contribution in [3.05, 3.63) is 82.2 Å². The largest absolute Gasteiger partial charge is 0.493 e. The number of methoxy groups -OCH3 is 1. The second-order valence-corrected chi connectivity index (χ2v) is 6.78. The fraction of sp³-hybridized carbons (Fsp3) is 0.0909. The number of ether oxygens (including phenoxy) is 2. The smallest absolute Gasteiger partial charge is 0.270 e. The quantitative estimate of drug-likeness (QED) is 0.342. The van der Waals surface area contributed by atoms with Crippen molar-refractivity contribution in [1.82, 2.24) is 9.97 Å². The third-order valence-corrected chi connectivity index (χ3v) is 4.65. The van der Waals surface area contributed by atoms with Gasteiger partial charge in [0.25, 0.3) is 11.6 Å². The maximum Gasteiger partial charge on any atom is 0.270 e. The third kappa shape index (κ3) is 4.15. The van der Waals surface area contributed by atoms with Crippen molar-refractivity contribution < 1.29 is 19.2 Å². The number of hydrogen-bond donors (Lipinski definition) is 2. The van der Waals surface area contributed by atoms with Gasteiger partial charge in [0.2, 0.25) is 5.88 Å². The summed E-state index contributed by atoms with van der Waals surface area (Å²) in [5.41, 5.74) is 2.33. The van der Waals surface area contributed by atoms with Crippen LogP contribution < -0.4 is 14.8 Å². The molecular formula is C22H18N4O5. The highest BCUT2D eigenvalue weighted by atomic mass is 16.6. The molecule has 0 radical (unpaired) electrons. The van der Waals surface area contributed by atoms with Crippen LogP contribution in [0, 0.1) is 17.0 Å². The first-order valence-corrected chi connectivity index (χ1v) is 9.30. The molecule has 2 heterocycles. The number of aromatic nitrogens is 2. The van der Waals surface area contributed by atoms with Gasteiger partial charge in [-0.25, -0.2) is 4.98 Å². The molecular weight excluding hydrogens is 400 g/mol. The van der Waals surface area contributed by atoms with E-state index in [2.05, 4.69) is 15.3 Å². The Morgan fingerprint density at radius 2 is 1.97 bits per heavy atom. The molecule has 0 aliphatic carbocycles. The van der Waals surface area contributed by atoms with Gasteiger partial charge in [-0.1, -0.05) is 6.07 Å². The van der Waals surface area contributed by atoms with Crippen LogP contribution in [-0.4, -0.2) is 27.9 Å². The number of pyridine rings is 1. The summed E-state index contributed by atoms with van der Waals surface area (Å²) in [7, 11) is 1.56. The van der Waals surface area contributed by atoms with E-state index >= 15 is 0 Å². The highest BCUT2D eigenvalue weighted by Gasteiger charge is 2.16. The molecule has 31 heavy (non-hydrogen) atoms. The molecule has 4 aromatic rings. The van der Waals surface area contributed by atoms with Gasteiger partial charge in [0.05, 0.1) is 29.5 Å². The Morgan fingerprint density at radius 1 is 1.13 bits per heavy atom. The minimum absolute atomic E-state index is 0.0872. The lowest BCUT2D eigenvalue weighted by atomic mass is 10.1. The number of nitro benzene ring substituents is 1. The molecule has 1 amide bonds. The molecule has 0 fully saturated rings. The highest BCUT2D eigenvalue weighted by molar-refractivity contribution is 6.13. The van der Waals surface area contributed by atoms with Crippen LogP contribution in [0.5, 0.6) is 17.4 Å². The standard InChI is InChI=1S/C22H18N4O5/c1-13-3-7-19(20(9-13)30-2)31-21-8-4-14(11-24-21)25-22(27)17-12-23-18-6-5-15(26(28)29)10-16(17)18/h3-12,23H,1-2H3,(H,25,27). The number of rotatable bonds is 6. The van der Waals surface area contributed by atoms with Gasteiger partial charge in [-0.3, -0.25) is 14.9 Å². The molecule has 2 N–H and O–H groups in total. The van der Waals surface area contributed by atoms with Crippen LogP contribution in [0.2, 0.25) is 0 Å². The van der Waals surface area contributed by atoms with E-state index in [1.165, 1.54) is 24.5 Å². The maximum absolute atomic E-state index is 12.7. The van der Waals surface area contributed by atoms with Crippen molar-refractivity contribution in [2.75, 3.05) is 12.4 Å². The summed E-state index contributed by atoms with van der Waals surface area (Å²) in [4.78, 5) is 30.4. The highest BCUT2D eigenvalue weighted by Crippen LogP contribution is 2.31. The van der Waals surface area contributed by atoms with Crippen molar-refractivity contribution in [1.29, 1.82) is 0 Å². The summed E-state index contributed by atoms with van der Waals surface area (Å²) in [6.07, 6.45) is 2.98. The number of carbonyl (C=O) groups is 1. The molecule has 0 bridgehead atoms. The third-order valence-electron chi connectivity index (χ3n) is 4.65. The minimum Gasteiger partial charge on any atom is -0.493 e. The van der Waals surface area contributed by atoms with Crippen molar-refractivity contribution in [3.63, 3.8) is 0 Å². The van der Waals surface area contributed by atoms with Crippen molar-refractivity contribution >= 4 is 28.2 Å². The van der Waals surface area contributed by atoms with E-state index in [0.717, 1.165) is 5.56 Å². The summed E-state index contributed by atoms with van der Waals surface area (Å²) >= 11 is 0. The number of amides is 1. The number of fused-ring (bicyclic) bond motifs is 1. The number of benzene rings is 2. The molecule has 2 aromatic heterocycles. The Hall–Kier alpha value is -4.40. The summed E-state index contributed by atoms with van der Waals surface area (Å²) in [6.45, 7) is 1.95. The topological polar surface area (TPSA) is 119 Å². The van der Waals surface area contributed by atoms with Crippen LogP contribution in [0.25, 0.3) is 10.9 Å². The second kappa shape index (κ2) is 8.15. The zero-order chi connectivity index (χ0) is 22.0. The normalized spacial score (nSPS) is 10.6. The number of nitro groups is 1. The first-order valence-electron chi connectivity index (χ1n) is 9.30. The number of hydrogen-bond acceptors (Lipinski definition) is 6. The molecule has 0 atom stereocenters. The van der Waals surface area contributed by atoms with E-state index in [1.54, 1.807) is 31.4 Å². The molecule has 0 saturated heterocycles. The van der Waals surface area contributed by atoms with Crippen molar-refractivity contribution in [3.8, 4) is 17.4 Å². The van der Waals surface area contributed by atoms with Gasteiger partial charge in [-0.2, -0.15) is 0 Å². The molecule has 0 aliphatic heterocycles. The van der Waals surface area contributed by atoms with Gasteiger partial charge in [-0.05, 0) is 36.8 Å². The molecule has 4 rings (SSSR count). The summed E-state index contributed by atoms with van der Waals surface area (Å²) in [5.74, 6) is 1.04. The lowest BCUT2D eigenvalue weighted by Crippen LogP contribution is -2.11. The molecule has 0 aliphatic rings. The number of H-pyrrole nitrogens is 1. The molecule has 0 saturated carbocycles. The van der Waals surface area contributed by atoms with Crippen LogP contribution >= 0.6 is 0 Å². The van der Waals surface area contributed by atoms with Crippen LogP contribution in [0.4, 0.5) is 11.4 Å². The molecule has 9 nitrogen and oxygen atoms in total. The zero-order valence-corrected chi connectivity index (χ0v) is 16.7. The number of aromatic amines is 1.